The minimum Gasteiger partial charge on any atom is -0.348 e. The van der Waals surface area contributed by atoms with E-state index in [0.29, 0.717) is 0 Å². The van der Waals surface area contributed by atoms with Gasteiger partial charge in [-0.2, -0.15) is 0 Å². The van der Waals surface area contributed by atoms with Gasteiger partial charge in [-0.3, -0.25) is 4.31 Å². The Kier molecular flexibility index (Phi) is 4.07. The number of nitrogens with zero attached hydrogens (tertiary/aromatic N) is 1. The van der Waals surface area contributed by atoms with Crippen LogP contribution in [0, 0.1) is 11.8 Å². The Bertz CT molecular complexity index is 1260. The number of hydrogen-bond acceptors (Lipinski definition) is 3. The molecule has 0 N–H and O–H groups in total. The quantitative estimate of drug-likeness (QED) is 0.589. The third-order valence-electron chi connectivity index (χ3n) is 7.04. The SMILES string of the molecule is CS(=O)(=O)N1C=C[C@@H]2[C@H](C=C1)[C@@]1(c3ccccc3)O[C@@]2(c2ccccc2)c2ccccc21. The van der Waals surface area contributed by atoms with Crippen molar-refractivity contribution in [1.82, 2.24) is 4.31 Å². The van der Waals surface area contributed by atoms with Gasteiger partial charge in [-0.25, -0.2) is 8.42 Å². The third-order valence-corrected chi connectivity index (χ3v) is 8.05. The summed E-state index contributed by atoms with van der Waals surface area (Å²) >= 11 is 0. The van der Waals surface area contributed by atoms with Crippen molar-refractivity contribution in [2.45, 2.75) is 11.2 Å². The number of ether oxygens (including phenoxy) is 1. The molecule has 32 heavy (non-hydrogen) atoms. The molecule has 160 valence electrons. The predicted octanol–water partition coefficient (Wildman–Crippen LogP) is 4.75. The normalized spacial score (nSPS) is 30.1. The van der Waals surface area contributed by atoms with Gasteiger partial charge >= 0.3 is 0 Å². The number of hydrogen-bond donors (Lipinski definition) is 0. The van der Waals surface area contributed by atoms with E-state index in [1.165, 1.54) is 10.6 Å². The van der Waals surface area contributed by atoms with E-state index in [2.05, 4.69) is 48.5 Å². The van der Waals surface area contributed by atoms with E-state index in [4.69, 9.17) is 4.74 Å². The van der Waals surface area contributed by atoms with Gasteiger partial charge in [0, 0.05) is 24.2 Å². The number of fused-ring (bicyclic) bond motifs is 8. The molecule has 0 radical (unpaired) electrons. The minimum absolute atomic E-state index is 0.0805. The zero-order valence-corrected chi connectivity index (χ0v) is 18.4. The Labute approximate surface area is 188 Å². The summed E-state index contributed by atoms with van der Waals surface area (Å²) in [7, 11) is -3.41. The van der Waals surface area contributed by atoms with E-state index in [-0.39, 0.29) is 11.8 Å². The summed E-state index contributed by atoms with van der Waals surface area (Å²) in [5, 5.41) is 0. The van der Waals surface area contributed by atoms with Crippen LogP contribution >= 0.6 is 0 Å². The van der Waals surface area contributed by atoms with E-state index in [9.17, 15) is 8.42 Å². The van der Waals surface area contributed by atoms with Crippen LogP contribution in [0.3, 0.4) is 0 Å². The van der Waals surface area contributed by atoms with Crippen LogP contribution in [0.4, 0.5) is 0 Å². The summed E-state index contributed by atoms with van der Waals surface area (Å²) in [6.45, 7) is 0. The molecule has 2 bridgehead atoms. The van der Waals surface area contributed by atoms with Crippen molar-refractivity contribution in [3.8, 4) is 0 Å². The highest BCUT2D eigenvalue weighted by Gasteiger charge is 2.69. The monoisotopic (exact) mass is 441 g/mol. The second kappa shape index (κ2) is 6.67. The first-order valence-electron chi connectivity index (χ1n) is 10.7. The Morgan fingerprint density at radius 3 is 1.50 bits per heavy atom. The first-order chi connectivity index (χ1) is 15.5. The van der Waals surface area contributed by atoms with Crippen LogP contribution in [0.5, 0.6) is 0 Å². The smallest absolute Gasteiger partial charge is 0.235 e. The summed E-state index contributed by atoms with van der Waals surface area (Å²) < 4.78 is 33.2. The van der Waals surface area contributed by atoms with E-state index in [1.54, 1.807) is 12.4 Å². The molecule has 4 atom stereocenters. The summed E-state index contributed by atoms with van der Waals surface area (Å²) in [5.74, 6) is -0.161. The van der Waals surface area contributed by atoms with E-state index >= 15 is 0 Å². The van der Waals surface area contributed by atoms with Crippen molar-refractivity contribution < 1.29 is 13.2 Å². The van der Waals surface area contributed by atoms with Crippen LogP contribution in [0.15, 0.2) is 109 Å². The van der Waals surface area contributed by atoms with E-state index in [0.717, 1.165) is 22.3 Å². The average Bonchev–Trinajstić information content (AvgIpc) is 3.16. The number of rotatable bonds is 3. The van der Waals surface area contributed by atoms with Crippen LogP contribution in [0.1, 0.15) is 22.3 Å². The molecule has 3 aromatic carbocycles. The van der Waals surface area contributed by atoms with Crippen molar-refractivity contribution in [2.24, 2.45) is 11.8 Å². The van der Waals surface area contributed by atoms with Gasteiger partial charge < -0.3 is 4.74 Å². The van der Waals surface area contributed by atoms with Crippen molar-refractivity contribution in [3.05, 3.63) is 132 Å². The van der Waals surface area contributed by atoms with Gasteiger partial charge in [-0.1, -0.05) is 97.1 Å². The zero-order valence-electron chi connectivity index (χ0n) is 17.6. The Balaban J connectivity index is 1.69. The van der Waals surface area contributed by atoms with Crippen LogP contribution in [0.25, 0.3) is 0 Å². The molecule has 0 aromatic heterocycles. The molecule has 1 saturated heterocycles. The van der Waals surface area contributed by atoms with Gasteiger partial charge in [0.05, 0.1) is 6.26 Å². The molecule has 3 aromatic rings. The van der Waals surface area contributed by atoms with Gasteiger partial charge in [-0.05, 0) is 22.3 Å². The molecule has 0 unspecified atom stereocenters. The molecule has 0 saturated carbocycles. The zero-order chi connectivity index (χ0) is 22.0. The lowest BCUT2D eigenvalue weighted by molar-refractivity contribution is -0.0519. The average molecular weight is 442 g/mol. The largest absolute Gasteiger partial charge is 0.348 e. The molecular formula is C27H23NO3S. The molecule has 3 aliphatic heterocycles. The molecule has 0 amide bonds. The third kappa shape index (κ3) is 2.43. The summed E-state index contributed by atoms with van der Waals surface area (Å²) in [4.78, 5) is 0. The van der Waals surface area contributed by atoms with Crippen LogP contribution < -0.4 is 0 Å². The molecule has 6 rings (SSSR count). The molecule has 5 heteroatoms. The van der Waals surface area contributed by atoms with Crippen LogP contribution in [-0.2, 0) is 26.0 Å². The fourth-order valence-corrected chi connectivity index (χ4v) is 6.40. The highest BCUT2D eigenvalue weighted by atomic mass is 32.2. The molecular weight excluding hydrogens is 418 g/mol. The Hall–Kier alpha value is -3.15. The maximum Gasteiger partial charge on any atom is 0.235 e. The van der Waals surface area contributed by atoms with Gasteiger partial charge in [0.2, 0.25) is 10.0 Å². The first kappa shape index (κ1) is 19.5. The van der Waals surface area contributed by atoms with Gasteiger partial charge in [0.25, 0.3) is 0 Å². The lowest BCUT2D eigenvalue weighted by Crippen LogP contribution is -2.38. The van der Waals surface area contributed by atoms with Crippen molar-refractivity contribution >= 4 is 10.0 Å². The maximum absolute atomic E-state index is 12.3. The number of benzene rings is 3. The second-order valence-corrected chi connectivity index (χ2v) is 10.6. The molecule has 4 nitrogen and oxygen atoms in total. The summed E-state index contributed by atoms with van der Waals surface area (Å²) in [6, 6.07) is 29.0. The fourth-order valence-electron chi connectivity index (χ4n) is 5.82. The topological polar surface area (TPSA) is 46.6 Å². The van der Waals surface area contributed by atoms with E-state index in [1.807, 2.05) is 48.6 Å². The van der Waals surface area contributed by atoms with Crippen molar-refractivity contribution in [1.29, 1.82) is 0 Å². The lowest BCUT2D eigenvalue weighted by Gasteiger charge is -2.38. The highest BCUT2D eigenvalue weighted by molar-refractivity contribution is 7.88. The standard InChI is InChI=1S/C27H23NO3S/c1-32(29,30)28-18-16-24-25(17-19-28)27(21-12-6-3-7-13-21)23-15-9-8-14-22(23)26(24,31-27)20-10-4-2-5-11-20/h2-19,24-25H,1H3/t24-,25+,26-,27-/m0/s1. The Morgan fingerprint density at radius 2 is 1.09 bits per heavy atom. The second-order valence-electron chi connectivity index (χ2n) is 8.68. The van der Waals surface area contributed by atoms with Crippen LogP contribution in [-0.4, -0.2) is 19.0 Å². The molecule has 3 aliphatic rings. The van der Waals surface area contributed by atoms with Gasteiger partial charge in [-0.15, -0.1) is 0 Å². The van der Waals surface area contributed by atoms with Gasteiger partial charge in [0.1, 0.15) is 11.2 Å². The molecule has 3 heterocycles. The predicted molar refractivity (Wildman–Crippen MR) is 124 cm³/mol. The highest BCUT2D eigenvalue weighted by Crippen LogP contribution is 2.69. The fraction of sp³-hybridized carbons (Fsp3) is 0.185. The summed E-state index contributed by atoms with van der Waals surface area (Å²) in [5.41, 5.74) is 3.00. The van der Waals surface area contributed by atoms with Crippen molar-refractivity contribution in [3.63, 3.8) is 0 Å². The van der Waals surface area contributed by atoms with E-state index < -0.39 is 21.2 Å². The summed E-state index contributed by atoms with van der Waals surface area (Å²) in [6.07, 6.45) is 8.60. The molecule has 0 aliphatic carbocycles. The van der Waals surface area contributed by atoms with Crippen LogP contribution in [0.2, 0.25) is 0 Å². The first-order valence-corrected chi connectivity index (χ1v) is 12.6. The van der Waals surface area contributed by atoms with Crippen molar-refractivity contribution in [2.75, 3.05) is 6.26 Å². The minimum atomic E-state index is -3.41. The maximum atomic E-state index is 12.3. The lowest BCUT2D eigenvalue weighted by atomic mass is 9.60. The molecule has 1 fully saturated rings. The van der Waals surface area contributed by atoms with Gasteiger partial charge in [0.15, 0.2) is 0 Å². The number of sulfonamides is 1. The Morgan fingerprint density at radius 1 is 0.688 bits per heavy atom. The molecule has 0 spiro atoms.